The van der Waals surface area contributed by atoms with Crippen molar-refractivity contribution < 1.29 is 0 Å². The predicted octanol–water partition coefficient (Wildman–Crippen LogP) is 5.51. The van der Waals surface area contributed by atoms with Crippen LogP contribution in [0, 0.1) is 0 Å². The molecule has 2 heterocycles. The minimum atomic E-state index is 0.667. The van der Waals surface area contributed by atoms with Gasteiger partial charge in [0.15, 0.2) is 17.5 Å². The summed E-state index contributed by atoms with van der Waals surface area (Å²) in [6, 6.07) is 29.7. The van der Waals surface area contributed by atoms with E-state index >= 15 is 0 Å². The zero-order chi connectivity index (χ0) is 21.3. The normalized spacial score (nSPS) is 10.1. The van der Waals surface area contributed by atoms with E-state index in [1.807, 2.05) is 84.9 Å². The summed E-state index contributed by atoms with van der Waals surface area (Å²) in [5, 5.41) is 10.1. The van der Waals surface area contributed by atoms with Gasteiger partial charge in [-0.25, -0.2) is 15.0 Å². The molecule has 0 spiro atoms. The van der Waals surface area contributed by atoms with Crippen LogP contribution in [-0.4, -0.2) is 30.4 Å². The van der Waals surface area contributed by atoms with Crippen LogP contribution in [0.15, 0.2) is 108 Å². The van der Waals surface area contributed by atoms with Gasteiger partial charge in [0.1, 0.15) is 0 Å². The number of rotatable bonds is 3. The summed E-state index contributed by atoms with van der Waals surface area (Å²) in [4.78, 5) is 14.1. The second-order valence-electron chi connectivity index (χ2n) is 6.36. The topological polar surface area (TPSA) is 77.3 Å². The summed E-state index contributed by atoms with van der Waals surface area (Å²) >= 11 is 3.47. The number of hydrogen-bond acceptors (Lipinski definition) is 6. The second-order valence-corrected chi connectivity index (χ2v) is 7.27. The summed E-state index contributed by atoms with van der Waals surface area (Å²) < 4.78 is 1.02. The zero-order valence-corrected chi connectivity index (χ0v) is 18.0. The average molecular weight is 469 g/mol. The van der Waals surface area contributed by atoms with Crippen molar-refractivity contribution in [1.29, 1.82) is 0 Å². The minimum Gasteiger partial charge on any atom is -0.208 e. The largest absolute Gasteiger partial charge is 0.208 e. The van der Waals surface area contributed by atoms with Gasteiger partial charge in [-0.1, -0.05) is 88.7 Å². The van der Waals surface area contributed by atoms with E-state index in [-0.39, 0.29) is 0 Å². The first kappa shape index (κ1) is 20.4. The molecule has 2 aromatic heterocycles. The maximum absolute atomic E-state index is 4.69. The van der Waals surface area contributed by atoms with Gasteiger partial charge in [0.25, 0.3) is 0 Å². The first-order chi connectivity index (χ1) is 15.3. The van der Waals surface area contributed by atoms with Gasteiger partial charge >= 0.3 is 0 Å². The SMILES string of the molecule is Brc1ccc(-c2nc(-c3ccccc3)nc(-c3ccccc3)n2)cc1.c1cnnnc1. The Morgan fingerprint density at radius 3 is 1.23 bits per heavy atom. The third kappa shape index (κ3) is 5.61. The van der Waals surface area contributed by atoms with Crippen LogP contribution < -0.4 is 0 Å². The van der Waals surface area contributed by atoms with E-state index in [1.54, 1.807) is 18.5 Å². The first-order valence-electron chi connectivity index (χ1n) is 9.51. The van der Waals surface area contributed by atoms with E-state index in [2.05, 4.69) is 36.3 Å². The molecule has 3 aromatic carbocycles. The molecule has 7 heteroatoms. The molecule has 0 bridgehead atoms. The average Bonchev–Trinajstić information content (AvgIpc) is 2.87. The number of hydrogen-bond donors (Lipinski definition) is 0. The van der Waals surface area contributed by atoms with E-state index in [4.69, 9.17) is 9.97 Å². The highest BCUT2D eigenvalue weighted by atomic mass is 79.9. The lowest BCUT2D eigenvalue weighted by atomic mass is 10.1. The van der Waals surface area contributed by atoms with Crippen molar-refractivity contribution in [2.75, 3.05) is 0 Å². The van der Waals surface area contributed by atoms with Gasteiger partial charge in [0.2, 0.25) is 0 Å². The third-order valence-corrected chi connectivity index (χ3v) is 4.74. The van der Waals surface area contributed by atoms with E-state index in [0.29, 0.717) is 17.5 Å². The predicted molar refractivity (Wildman–Crippen MR) is 124 cm³/mol. The lowest BCUT2D eigenvalue weighted by Gasteiger charge is -2.08. The van der Waals surface area contributed by atoms with Crippen molar-refractivity contribution in [3.63, 3.8) is 0 Å². The monoisotopic (exact) mass is 468 g/mol. The van der Waals surface area contributed by atoms with E-state index in [0.717, 1.165) is 21.2 Å². The van der Waals surface area contributed by atoms with Crippen LogP contribution in [0.1, 0.15) is 0 Å². The summed E-state index contributed by atoms with van der Waals surface area (Å²) in [7, 11) is 0. The highest BCUT2D eigenvalue weighted by Gasteiger charge is 2.11. The molecule has 31 heavy (non-hydrogen) atoms. The molecular weight excluding hydrogens is 452 g/mol. The Balaban J connectivity index is 0.000000334. The molecule has 6 nitrogen and oxygen atoms in total. The summed E-state index contributed by atoms with van der Waals surface area (Å²) in [6.45, 7) is 0. The van der Waals surface area contributed by atoms with Gasteiger partial charge in [-0.15, -0.1) is 10.2 Å². The fourth-order valence-electron chi connectivity index (χ4n) is 2.74. The highest BCUT2D eigenvalue weighted by molar-refractivity contribution is 9.10. The smallest absolute Gasteiger partial charge is 0.164 e. The van der Waals surface area contributed by atoms with E-state index in [1.165, 1.54) is 0 Å². The number of nitrogens with zero attached hydrogens (tertiary/aromatic N) is 6. The molecule has 0 saturated carbocycles. The molecule has 0 aliphatic heterocycles. The van der Waals surface area contributed by atoms with Gasteiger partial charge in [-0.05, 0) is 23.4 Å². The molecule has 150 valence electrons. The number of aromatic nitrogens is 6. The molecule has 0 atom stereocenters. The quantitative estimate of drug-likeness (QED) is 0.347. The summed E-state index contributed by atoms with van der Waals surface area (Å²) in [6.07, 6.45) is 3.15. The van der Waals surface area contributed by atoms with Crippen molar-refractivity contribution in [2.45, 2.75) is 0 Å². The fourth-order valence-corrected chi connectivity index (χ4v) is 3.01. The molecule has 5 aromatic rings. The number of benzene rings is 3. The van der Waals surface area contributed by atoms with E-state index < -0.39 is 0 Å². The van der Waals surface area contributed by atoms with Gasteiger partial charge in [-0.3, -0.25) is 0 Å². The summed E-state index contributed by atoms with van der Waals surface area (Å²) in [5.74, 6) is 2.01. The molecule has 0 unspecified atom stereocenters. The Bertz CT molecular complexity index is 1130. The van der Waals surface area contributed by atoms with Crippen LogP contribution in [0.3, 0.4) is 0 Å². The maximum Gasteiger partial charge on any atom is 0.164 e. The Morgan fingerprint density at radius 2 is 0.871 bits per heavy atom. The van der Waals surface area contributed by atoms with Crippen LogP contribution in [0.25, 0.3) is 34.2 Å². The lowest BCUT2D eigenvalue weighted by Crippen LogP contribution is -1.99. The second kappa shape index (κ2) is 10.3. The maximum atomic E-state index is 4.69. The Hall–Kier alpha value is -3.84. The third-order valence-electron chi connectivity index (χ3n) is 4.21. The molecule has 0 N–H and O–H groups in total. The van der Waals surface area contributed by atoms with Crippen LogP contribution in [0.5, 0.6) is 0 Å². The Kier molecular flexibility index (Phi) is 6.77. The first-order valence-corrected chi connectivity index (χ1v) is 10.3. The number of halogens is 1. The fraction of sp³-hybridized carbons (Fsp3) is 0. The lowest BCUT2D eigenvalue weighted by molar-refractivity contribution is 0.865. The van der Waals surface area contributed by atoms with Gasteiger partial charge in [0, 0.05) is 21.2 Å². The van der Waals surface area contributed by atoms with E-state index in [9.17, 15) is 0 Å². The minimum absolute atomic E-state index is 0.667. The van der Waals surface area contributed by atoms with Gasteiger partial charge in [-0.2, -0.15) is 0 Å². The molecule has 0 fully saturated rings. The molecular formula is C24H17BrN6. The Labute approximate surface area is 188 Å². The highest BCUT2D eigenvalue weighted by Crippen LogP contribution is 2.25. The molecule has 0 aliphatic carbocycles. The van der Waals surface area contributed by atoms with Crippen molar-refractivity contribution >= 4 is 15.9 Å². The van der Waals surface area contributed by atoms with Gasteiger partial charge in [0.05, 0.1) is 12.4 Å². The molecule has 5 rings (SSSR count). The molecule has 0 amide bonds. The molecule has 0 saturated heterocycles. The van der Waals surface area contributed by atoms with Crippen LogP contribution in [0.2, 0.25) is 0 Å². The molecule has 0 aliphatic rings. The zero-order valence-electron chi connectivity index (χ0n) is 16.4. The molecule has 0 radical (unpaired) electrons. The van der Waals surface area contributed by atoms with Crippen LogP contribution in [0.4, 0.5) is 0 Å². The van der Waals surface area contributed by atoms with Crippen LogP contribution >= 0.6 is 15.9 Å². The van der Waals surface area contributed by atoms with Crippen molar-refractivity contribution in [3.05, 3.63) is 108 Å². The Morgan fingerprint density at radius 1 is 0.452 bits per heavy atom. The van der Waals surface area contributed by atoms with Crippen molar-refractivity contribution in [2.24, 2.45) is 0 Å². The standard InChI is InChI=1S/C21H14BrN3.C3H3N3/c22-18-13-11-17(12-14-18)21-24-19(15-7-3-1-4-8-15)23-20(25-21)16-9-5-2-6-10-16;1-2-4-6-5-3-1/h1-14H;1-3H. The summed E-state index contributed by atoms with van der Waals surface area (Å²) in [5.41, 5.74) is 2.90. The van der Waals surface area contributed by atoms with Crippen LogP contribution in [-0.2, 0) is 0 Å². The van der Waals surface area contributed by atoms with Crippen molar-refractivity contribution in [3.8, 4) is 34.2 Å². The van der Waals surface area contributed by atoms with Gasteiger partial charge < -0.3 is 0 Å². The van der Waals surface area contributed by atoms with Crippen molar-refractivity contribution in [1.82, 2.24) is 30.4 Å².